The molecule has 8 heteroatoms. The van der Waals surface area contributed by atoms with Gasteiger partial charge in [0.05, 0.1) is 22.8 Å². The van der Waals surface area contributed by atoms with Crippen LogP contribution in [0.5, 0.6) is 5.75 Å². The maximum atomic E-state index is 12.8. The van der Waals surface area contributed by atoms with Gasteiger partial charge in [0.2, 0.25) is 0 Å². The van der Waals surface area contributed by atoms with Crippen molar-refractivity contribution in [3.63, 3.8) is 0 Å². The number of amides is 1. The Balaban J connectivity index is 1.78. The summed E-state index contributed by atoms with van der Waals surface area (Å²) in [6.07, 6.45) is 0.823. The van der Waals surface area contributed by atoms with Gasteiger partial charge in [-0.2, -0.15) is 0 Å². The highest BCUT2D eigenvalue weighted by atomic mass is 79.9. The predicted molar refractivity (Wildman–Crippen MR) is 131 cm³/mol. The van der Waals surface area contributed by atoms with Crippen molar-refractivity contribution in [1.82, 2.24) is 0 Å². The first-order valence-electron chi connectivity index (χ1n) is 10.1. The molecule has 0 aliphatic rings. The van der Waals surface area contributed by atoms with E-state index in [0.717, 1.165) is 22.0 Å². The lowest BCUT2D eigenvalue weighted by Gasteiger charge is -2.14. The molecule has 32 heavy (non-hydrogen) atoms. The van der Waals surface area contributed by atoms with E-state index in [1.165, 1.54) is 12.1 Å². The van der Waals surface area contributed by atoms with Gasteiger partial charge in [-0.15, -0.1) is 0 Å². The van der Waals surface area contributed by atoms with Crippen molar-refractivity contribution in [3.05, 3.63) is 81.8 Å². The molecule has 3 rings (SSSR count). The van der Waals surface area contributed by atoms with E-state index in [0.29, 0.717) is 29.3 Å². The fourth-order valence-corrected chi connectivity index (χ4v) is 4.67. The third kappa shape index (κ3) is 5.69. The van der Waals surface area contributed by atoms with Crippen LogP contribution in [0.25, 0.3) is 0 Å². The van der Waals surface area contributed by atoms with Crippen LogP contribution in [0.2, 0.25) is 0 Å². The Bertz CT molecular complexity index is 1200. The Morgan fingerprint density at radius 3 is 2.28 bits per heavy atom. The molecule has 3 aromatic rings. The Morgan fingerprint density at radius 2 is 1.66 bits per heavy atom. The van der Waals surface area contributed by atoms with E-state index in [2.05, 4.69) is 26.0 Å². The largest absolute Gasteiger partial charge is 0.493 e. The highest BCUT2D eigenvalue weighted by Crippen LogP contribution is 2.26. The van der Waals surface area contributed by atoms with Gasteiger partial charge in [0.25, 0.3) is 15.9 Å². The number of nitrogens with one attached hydrogen (secondary N) is 2. The number of aryl methyl sites for hydroxylation is 2. The van der Waals surface area contributed by atoms with E-state index in [-0.39, 0.29) is 10.8 Å². The molecule has 0 atom stereocenters. The minimum absolute atomic E-state index is 0.104. The van der Waals surface area contributed by atoms with Crippen molar-refractivity contribution in [2.24, 2.45) is 0 Å². The van der Waals surface area contributed by atoms with Crippen molar-refractivity contribution < 1.29 is 17.9 Å². The summed E-state index contributed by atoms with van der Waals surface area (Å²) in [4.78, 5) is 12.9. The average molecular weight is 517 g/mol. The molecule has 0 heterocycles. The molecule has 0 bridgehead atoms. The first kappa shape index (κ1) is 23.8. The van der Waals surface area contributed by atoms with Gasteiger partial charge in [-0.05, 0) is 73.9 Å². The second-order valence-corrected chi connectivity index (χ2v) is 9.94. The maximum absolute atomic E-state index is 12.8. The lowest BCUT2D eigenvalue weighted by Crippen LogP contribution is -2.16. The van der Waals surface area contributed by atoms with Crippen LogP contribution in [-0.4, -0.2) is 20.9 Å². The summed E-state index contributed by atoms with van der Waals surface area (Å²) in [5.74, 6) is 0.145. The molecule has 0 aliphatic carbocycles. The third-order valence-corrected chi connectivity index (χ3v) is 6.65. The molecule has 0 unspecified atom stereocenters. The van der Waals surface area contributed by atoms with Crippen LogP contribution in [-0.2, 0) is 10.0 Å². The molecule has 0 spiro atoms. The molecule has 3 aromatic carbocycles. The van der Waals surface area contributed by atoms with E-state index in [4.69, 9.17) is 4.74 Å². The van der Waals surface area contributed by atoms with Gasteiger partial charge in [-0.25, -0.2) is 8.42 Å². The number of hydrogen-bond acceptors (Lipinski definition) is 4. The molecule has 0 saturated heterocycles. The van der Waals surface area contributed by atoms with Crippen molar-refractivity contribution >= 4 is 43.2 Å². The summed E-state index contributed by atoms with van der Waals surface area (Å²) in [5.41, 5.74) is 3.11. The second kappa shape index (κ2) is 10.2. The van der Waals surface area contributed by atoms with Gasteiger partial charge in [0.1, 0.15) is 5.75 Å². The number of para-hydroxylation sites is 1. The van der Waals surface area contributed by atoms with Gasteiger partial charge < -0.3 is 10.1 Å². The number of carbonyl (C=O) groups excluding carboxylic acids is 1. The lowest BCUT2D eigenvalue weighted by molar-refractivity contribution is 0.102. The Kier molecular flexibility index (Phi) is 7.58. The summed E-state index contributed by atoms with van der Waals surface area (Å²) in [7, 11) is -3.77. The van der Waals surface area contributed by atoms with Crippen LogP contribution in [0.15, 0.2) is 70.0 Å². The number of hydrogen-bond donors (Lipinski definition) is 2. The zero-order valence-corrected chi connectivity index (χ0v) is 20.5. The summed E-state index contributed by atoms with van der Waals surface area (Å²) in [6, 6.07) is 16.9. The highest BCUT2D eigenvalue weighted by molar-refractivity contribution is 9.10. The van der Waals surface area contributed by atoms with Crippen molar-refractivity contribution in [2.75, 3.05) is 16.6 Å². The number of sulfonamides is 1. The molecular formula is C24H25BrN2O4S. The number of anilines is 2. The Hall–Kier alpha value is -2.84. The quantitative estimate of drug-likeness (QED) is 0.389. The fraction of sp³-hybridized carbons (Fsp3) is 0.208. The zero-order chi connectivity index (χ0) is 23.3. The first-order valence-corrected chi connectivity index (χ1v) is 12.4. The minimum Gasteiger partial charge on any atom is -0.493 e. The van der Waals surface area contributed by atoms with E-state index < -0.39 is 10.0 Å². The predicted octanol–water partition coefficient (Wildman–Crippen LogP) is 5.91. The number of ether oxygens (including phenoxy) is 1. The molecule has 0 fully saturated rings. The standard InChI is InChI=1S/C24H25BrN2O4S/c1-4-14-31-22-13-8-18(25)15-21(22)24(28)26-19-9-11-20(12-10-19)32(29,30)27-23-16(2)6-5-7-17(23)3/h5-13,15,27H,4,14H2,1-3H3,(H,26,28). The molecule has 0 radical (unpaired) electrons. The zero-order valence-electron chi connectivity index (χ0n) is 18.1. The van der Waals surface area contributed by atoms with Crippen LogP contribution < -0.4 is 14.8 Å². The first-order chi connectivity index (χ1) is 15.2. The molecule has 168 valence electrons. The van der Waals surface area contributed by atoms with Crippen molar-refractivity contribution in [2.45, 2.75) is 32.1 Å². The molecule has 6 nitrogen and oxygen atoms in total. The maximum Gasteiger partial charge on any atom is 0.261 e. The van der Waals surface area contributed by atoms with Crippen LogP contribution in [0.3, 0.4) is 0 Å². The number of benzene rings is 3. The summed E-state index contributed by atoms with van der Waals surface area (Å²) in [5, 5.41) is 2.79. The van der Waals surface area contributed by atoms with Gasteiger partial charge in [0, 0.05) is 10.2 Å². The molecule has 2 N–H and O–H groups in total. The van der Waals surface area contributed by atoms with Crippen molar-refractivity contribution in [3.8, 4) is 5.75 Å². The van der Waals surface area contributed by atoms with Gasteiger partial charge in [-0.1, -0.05) is 41.1 Å². The smallest absolute Gasteiger partial charge is 0.261 e. The van der Waals surface area contributed by atoms with Crippen LogP contribution in [0, 0.1) is 13.8 Å². The van der Waals surface area contributed by atoms with Crippen LogP contribution >= 0.6 is 15.9 Å². The van der Waals surface area contributed by atoms with E-state index in [9.17, 15) is 13.2 Å². The monoisotopic (exact) mass is 516 g/mol. The number of carbonyl (C=O) groups is 1. The molecule has 0 aliphatic heterocycles. The normalized spacial score (nSPS) is 11.1. The van der Waals surface area contributed by atoms with Crippen molar-refractivity contribution in [1.29, 1.82) is 0 Å². The fourth-order valence-electron chi connectivity index (χ4n) is 3.10. The average Bonchev–Trinajstić information content (AvgIpc) is 2.76. The van der Waals surface area contributed by atoms with Crippen LogP contribution in [0.4, 0.5) is 11.4 Å². The molecule has 1 amide bonds. The summed E-state index contributed by atoms with van der Waals surface area (Å²) >= 11 is 3.38. The Labute approximate surface area is 197 Å². The topological polar surface area (TPSA) is 84.5 Å². The second-order valence-electron chi connectivity index (χ2n) is 7.34. The molecule has 0 aromatic heterocycles. The summed E-state index contributed by atoms with van der Waals surface area (Å²) in [6.45, 7) is 6.19. The van der Waals surface area contributed by atoms with Crippen LogP contribution in [0.1, 0.15) is 34.8 Å². The third-order valence-electron chi connectivity index (χ3n) is 4.79. The van der Waals surface area contributed by atoms with E-state index in [1.54, 1.807) is 24.3 Å². The van der Waals surface area contributed by atoms with Gasteiger partial charge in [0.15, 0.2) is 0 Å². The minimum atomic E-state index is -3.77. The Morgan fingerprint density at radius 1 is 1.00 bits per heavy atom. The SMILES string of the molecule is CCCOc1ccc(Br)cc1C(=O)Nc1ccc(S(=O)(=O)Nc2c(C)cccc2C)cc1. The number of rotatable bonds is 8. The number of halogens is 1. The van der Waals surface area contributed by atoms with E-state index in [1.807, 2.05) is 45.0 Å². The summed E-state index contributed by atoms with van der Waals surface area (Å²) < 4.78 is 34.7. The lowest BCUT2D eigenvalue weighted by atomic mass is 10.1. The van der Waals surface area contributed by atoms with Gasteiger partial charge in [-0.3, -0.25) is 9.52 Å². The highest BCUT2D eigenvalue weighted by Gasteiger charge is 2.18. The molecule has 0 saturated carbocycles. The molecular weight excluding hydrogens is 492 g/mol. The van der Waals surface area contributed by atoms with E-state index >= 15 is 0 Å². The van der Waals surface area contributed by atoms with Gasteiger partial charge >= 0.3 is 0 Å².